The second-order valence-electron chi connectivity index (χ2n) is 5.31. The quantitative estimate of drug-likeness (QED) is 0.675. The van der Waals surface area contributed by atoms with Crippen molar-refractivity contribution in [3.8, 4) is 17.0 Å². The zero-order valence-corrected chi connectivity index (χ0v) is 14.0. The molecule has 0 amide bonds. The highest BCUT2D eigenvalue weighted by molar-refractivity contribution is 7.09. The van der Waals surface area contributed by atoms with Gasteiger partial charge in [0.15, 0.2) is 0 Å². The summed E-state index contributed by atoms with van der Waals surface area (Å²) in [6.45, 7) is 2.74. The first-order valence-electron chi connectivity index (χ1n) is 7.77. The van der Waals surface area contributed by atoms with E-state index in [2.05, 4.69) is 36.6 Å². The molecule has 0 aliphatic heterocycles. The van der Waals surface area contributed by atoms with Crippen LogP contribution in [0.1, 0.15) is 17.5 Å². The number of nitrogen functional groups attached to an aromatic ring is 1. The van der Waals surface area contributed by atoms with Gasteiger partial charge in [0.1, 0.15) is 5.75 Å². The van der Waals surface area contributed by atoms with Gasteiger partial charge in [-0.15, -0.1) is 11.3 Å². The van der Waals surface area contributed by atoms with Gasteiger partial charge >= 0.3 is 0 Å². The van der Waals surface area contributed by atoms with E-state index in [1.165, 1.54) is 5.56 Å². The molecule has 3 aromatic rings. The lowest BCUT2D eigenvalue weighted by Gasteiger charge is -2.07. The number of hydrogen-bond donors (Lipinski definition) is 1. The monoisotopic (exact) mass is 324 g/mol. The highest BCUT2D eigenvalue weighted by Crippen LogP contribution is 2.24. The number of nitrogens with zero attached hydrogens (tertiary/aromatic N) is 1. The van der Waals surface area contributed by atoms with E-state index in [9.17, 15) is 0 Å². The summed E-state index contributed by atoms with van der Waals surface area (Å²) in [6, 6.07) is 16.2. The number of aryl methyl sites for hydroxylation is 1. The molecule has 0 aliphatic carbocycles. The number of ether oxygens (including phenoxy) is 1. The van der Waals surface area contributed by atoms with Crippen molar-refractivity contribution in [3.63, 3.8) is 0 Å². The van der Waals surface area contributed by atoms with Gasteiger partial charge in [-0.25, -0.2) is 4.98 Å². The SMILES string of the molecule is CCc1ccc(-c2csc(CCOc3ccccc3N)n2)cc1. The van der Waals surface area contributed by atoms with E-state index in [0.717, 1.165) is 34.9 Å². The maximum absolute atomic E-state index is 5.87. The molecule has 0 saturated heterocycles. The molecule has 0 bridgehead atoms. The van der Waals surface area contributed by atoms with Crippen molar-refractivity contribution in [2.45, 2.75) is 19.8 Å². The number of nitrogens with two attached hydrogens (primary N) is 1. The second-order valence-corrected chi connectivity index (χ2v) is 6.26. The van der Waals surface area contributed by atoms with E-state index in [0.29, 0.717) is 12.3 Å². The average Bonchev–Trinajstić information content (AvgIpc) is 3.06. The van der Waals surface area contributed by atoms with Crippen molar-refractivity contribution < 1.29 is 4.74 Å². The minimum atomic E-state index is 0.579. The van der Waals surface area contributed by atoms with Crippen LogP contribution in [0.5, 0.6) is 5.75 Å². The average molecular weight is 324 g/mol. The molecule has 4 heteroatoms. The Hall–Kier alpha value is -2.33. The summed E-state index contributed by atoms with van der Waals surface area (Å²) in [5, 5.41) is 3.18. The molecule has 2 N–H and O–H groups in total. The Morgan fingerprint density at radius 1 is 1.09 bits per heavy atom. The number of hydrogen-bond acceptors (Lipinski definition) is 4. The van der Waals surface area contributed by atoms with Crippen molar-refractivity contribution in [1.82, 2.24) is 4.98 Å². The predicted molar refractivity (Wildman–Crippen MR) is 97.0 cm³/mol. The molecule has 1 aromatic heterocycles. The summed E-state index contributed by atoms with van der Waals surface area (Å²) < 4.78 is 5.73. The van der Waals surface area contributed by atoms with Crippen molar-refractivity contribution in [1.29, 1.82) is 0 Å². The molecule has 0 saturated carbocycles. The maximum atomic E-state index is 5.87. The molecule has 0 unspecified atom stereocenters. The summed E-state index contributed by atoms with van der Waals surface area (Å²) in [6.07, 6.45) is 1.84. The smallest absolute Gasteiger partial charge is 0.142 e. The predicted octanol–water partition coefficient (Wildman–Crippen LogP) is 4.58. The number of benzene rings is 2. The van der Waals surface area contributed by atoms with Crippen LogP contribution in [0, 0.1) is 0 Å². The molecule has 0 spiro atoms. The number of aromatic nitrogens is 1. The lowest BCUT2D eigenvalue weighted by Crippen LogP contribution is -2.03. The molecule has 2 aromatic carbocycles. The van der Waals surface area contributed by atoms with Gasteiger partial charge in [0, 0.05) is 17.4 Å². The Labute approximate surface area is 140 Å². The number of para-hydroxylation sites is 2. The van der Waals surface area contributed by atoms with Crippen LogP contribution in [0.15, 0.2) is 53.9 Å². The zero-order chi connectivity index (χ0) is 16.1. The third-order valence-corrected chi connectivity index (χ3v) is 4.61. The second kappa shape index (κ2) is 7.29. The van der Waals surface area contributed by atoms with Gasteiger partial charge in [-0.1, -0.05) is 43.3 Å². The Bertz CT molecular complexity index is 765. The standard InChI is InChI=1S/C19H20N2OS/c1-2-14-7-9-15(10-8-14)17-13-23-19(21-17)11-12-22-18-6-4-3-5-16(18)20/h3-10,13H,2,11-12,20H2,1H3. The van der Waals surface area contributed by atoms with Gasteiger partial charge < -0.3 is 10.5 Å². The molecular formula is C19H20N2OS. The summed E-state index contributed by atoms with van der Waals surface area (Å²) in [7, 11) is 0. The molecular weight excluding hydrogens is 304 g/mol. The third-order valence-electron chi connectivity index (χ3n) is 3.70. The molecule has 3 nitrogen and oxygen atoms in total. The minimum Gasteiger partial charge on any atom is -0.491 e. The topological polar surface area (TPSA) is 48.1 Å². The summed E-state index contributed by atoms with van der Waals surface area (Å²) in [5.74, 6) is 0.736. The van der Waals surface area contributed by atoms with E-state index in [1.807, 2.05) is 24.3 Å². The van der Waals surface area contributed by atoms with Gasteiger partial charge in [0.2, 0.25) is 0 Å². The van der Waals surface area contributed by atoms with Gasteiger partial charge in [-0.05, 0) is 24.1 Å². The fourth-order valence-corrected chi connectivity index (χ4v) is 3.12. The van der Waals surface area contributed by atoms with E-state index in [4.69, 9.17) is 15.5 Å². The fraction of sp³-hybridized carbons (Fsp3) is 0.211. The molecule has 0 aliphatic rings. The minimum absolute atomic E-state index is 0.579. The van der Waals surface area contributed by atoms with Crippen LogP contribution >= 0.6 is 11.3 Å². The van der Waals surface area contributed by atoms with Gasteiger partial charge in [-0.2, -0.15) is 0 Å². The van der Waals surface area contributed by atoms with Crippen molar-refractivity contribution in [3.05, 3.63) is 64.5 Å². The van der Waals surface area contributed by atoms with Gasteiger partial charge in [0.05, 0.1) is 23.0 Å². The van der Waals surface area contributed by atoms with Crippen LogP contribution in [0.2, 0.25) is 0 Å². The molecule has 23 heavy (non-hydrogen) atoms. The van der Waals surface area contributed by atoms with Crippen molar-refractivity contribution >= 4 is 17.0 Å². The molecule has 0 atom stereocenters. The normalized spacial score (nSPS) is 10.7. The van der Waals surface area contributed by atoms with E-state index in [1.54, 1.807) is 11.3 Å². The maximum Gasteiger partial charge on any atom is 0.142 e. The van der Waals surface area contributed by atoms with Crippen molar-refractivity contribution in [2.75, 3.05) is 12.3 Å². The number of thiazole rings is 1. The number of rotatable bonds is 6. The third kappa shape index (κ3) is 3.90. The van der Waals surface area contributed by atoms with Crippen molar-refractivity contribution in [2.24, 2.45) is 0 Å². The van der Waals surface area contributed by atoms with Gasteiger partial charge in [0.25, 0.3) is 0 Å². The summed E-state index contributed by atoms with van der Waals surface area (Å²) in [5.41, 5.74) is 10.1. The number of anilines is 1. The first kappa shape index (κ1) is 15.6. The Morgan fingerprint density at radius 2 is 1.87 bits per heavy atom. The Balaban J connectivity index is 1.60. The molecule has 3 rings (SSSR count). The highest BCUT2D eigenvalue weighted by atomic mass is 32.1. The Kier molecular flexibility index (Phi) is 4.93. The molecule has 118 valence electrons. The lowest BCUT2D eigenvalue weighted by atomic mass is 10.1. The van der Waals surface area contributed by atoms with Crippen LogP contribution in [-0.4, -0.2) is 11.6 Å². The summed E-state index contributed by atoms with van der Waals surface area (Å²) in [4.78, 5) is 4.70. The van der Waals surface area contributed by atoms with Crippen LogP contribution in [0.25, 0.3) is 11.3 Å². The highest BCUT2D eigenvalue weighted by Gasteiger charge is 2.06. The molecule has 0 radical (unpaired) electrons. The van der Waals surface area contributed by atoms with Crippen LogP contribution in [0.3, 0.4) is 0 Å². The lowest BCUT2D eigenvalue weighted by molar-refractivity contribution is 0.323. The van der Waals surface area contributed by atoms with E-state index < -0.39 is 0 Å². The van der Waals surface area contributed by atoms with Crippen LogP contribution in [0.4, 0.5) is 5.69 Å². The van der Waals surface area contributed by atoms with Gasteiger partial charge in [-0.3, -0.25) is 0 Å². The first-order valence-corrected chi connectivity index (χ1v) is 8.65. The molecule has 1 heterocycles. The van der Waals surface area contributed by atoms with Crippen LogP contribution in [-0.2, 0) is 12.8 Å². The first-order chi connectivity index (χ1) is 11.3. The zero-order valence-electron chi connectivity index (χ0n) is 13.2. The van der Waals surface area contributed by atoms with Crippen LogP contribution < -0.4 is 10.5 Å². The largest absolute Gasteiger partial charge is 0.491 e. The van der Waals surface area contributed by atoms with E-state index in [-0.39, 0.29) is 0 Å². The summed E-state index contributed by atoms with van der Waals surface area (Å²) >= 11 is 1.67. The Morgan fingerprint density at radius 3 is 2.61 bits per heavy atom. The fourth-order valence-electron chi connectivity index (χ4n) is 2.33. The van der Waals surface area contributed by atoms with E-state index >= 15 is 0 Å². The molecule has 0 fully saturated rings.